The highest BCUT2D eigenvalue weighted by molar-refractivity contribution is 7.92. The number of benzene rings is 2. The molecule has 0 unspecified atom stereocenters. The zero-order chi connectivity index (χ0) is 18.9. The van der Waals surface area contributed by atoms with Crippen LogP contribution in [0.15, 0.2) is 41.3 Å². The number of hydrogen-bond acceptors (Lipinski definition) is 3. The third kappa shape index (κ3) is 3.75. The average molecular weight is 372 g/mol. The summed E-state index contributed by atoms with van der Waals surface area (Å²) in [5.41, 5.74) is 3.34. The second-order valence-corrected chi connectivity index (χ2v) is 8.53. The molecule has 6 heteroatoms. The van der Waals surface area contributed by atoms with Crippen LogP contribution in [0.25, 0.3) is 0 Å². The molecule has 1 heterocycles. The van der Waals surface area contributed by atoms with Gasteiger partial charge in [-0.05, 0) is 62.9 Å². The molecular formula is C20H24N2O3S. The highest BCUT2D eigenvalue weighted by Gasteiger charge is 2.22. The Morgan fingerprint density at radius 3 is 2.23 bits per heavy atom. The Balaban J connectivity index is 1.89. The summed E-state index contributed by atoms with van der Waals surface area (Å²) in [5, 5.41) is 0. The quantitative estimate of drug-likeness (QED) is 0.891. The van der Waals surface area contributed by atoms with Gasteiger partial charge in [-0.25, -0.2) is 8.42 Å². The van der Waals surface area contributed by atoms with Gasteiger partial charge in [-0.15, -0.1) is 0 Å². The van der Waals surface area contributed by atoms with Crippen LogP contribution in [0.4, 0.5) is 5.69 Å². The highest BCUT2D eigenvalue weighted by atomic mass is 32.2. The summed E-state index contributed by atoms with van der Waals surface area (Å²) in [6.45, 7) is 7.05. The van der Waals surface area contributed by atoms with Crippen LogP contribution in [0.3, 0.4) is 0 Å². The van der Waals surface area contributed by atoms with Crippen molar-refractivity contribution in [2.24, 2.45) is 0 Å². The van der Waals surface area contributed by atoms with Crippen molar-refractivity contribution < 1.29 is 13.2 Å². The lowest BCUT2D eigenvalue weighted by Crippen LogP contribution is -2.27. The van der Waals surface area contributed by atoms with Gasteiger partial charge < -0.3 is 4.90 Å². The Kier molecular flexibility index (Phi) is 5.05. The van der Waals surface area contributed by atoms with Crippen molar-refractivity contribution in [1.29, 1.82) is 0 Å². The molecule has 1 aliphatic rings. The van der Waals surface area contributed by atoms with Gasteiger partial charge in [0.1, 0.15) is 0 Å². The van der Waals surface area contributed by atoms with E-state index in [0.717, 1.165) is 31.5 Å². The Morgan fingerprint density at radius 1 is 1.00 bits per heavy atom. The number of aryl methyl sites for hydroxylation is 3. The third-order valence-corrected chi connectivity index (χ3v) is 6.31. The number of carbonyl (C=O) groups excluding carboxylic acids is 1. The van der Waals surface area contributed by atoms with E-state index >= 15 is 0 Å². The molecular weight excluding hydrogens is 348 g/mol. The molecule has 2 aromatic rings. The highest BCUT2D eigenvalue weighted by Crippen LogP contribution is 2.25. The molecule has 5 nitrogen and oxygen atoms in total. The number of nitrogens with one attached hydrogen (secondary N) is 1. The maximum atomic E-state index is 12.9. The van der Waals surface area contributed by atoms with Gasteiger partial charge in [0.15, 0.2) is 0 Å². The van der Waals surface area contributed by atoms with Crippen molar-refractivity contribution in [2.45, 2.75) is 38.5 Å². The molecule has 1 amide bonds. The SMILES string of the molecule is Cc1cc(C)c(S(=O)(=O)Nc2cccc(C(=O)N3CCCC3)c2)c(C)c1. The zero-order valence-corrected chi connectivity index (χ0v) is 16.2. The second-order valence-electron chi connectivity index (χ2n) is 6.91. The fourth-order valence-electron chi connectivity index (χ4n) is 3.62. The van der Waals surface area contributed by atoms with Gasteiger partial charge in [-0.3, -0.25) is 9.52 Å². The first kappa shape index (κ1) is 18.5. The van der Waals surface area contributed by atoms with E-state index in [4.69, 9.17) is 0 Å². The Labute approximate surface area is 155 Å². The van der Waals surface area contributed by atoms with Crippen LogP contribution in [-0.4, -0.2) is 32.3 Å². The molecule has 1 aliphatic heterocycles. The lowest BCUT2D eigenvalue weighted by molar-refractivity contribution is 0.0793. The molecule has 0 aromatic heterocycles. The lowest BCUT2D eigenvalue weighted by Gasteiger charge is -2.17. The molecule has 0 spiro atoms. The Bertz CT molecular complexity index is 922. The minimum atomic E-state index is -3.73. The van der Waals surface area contributed by atoms with Crippen LogP contribution in [-0.2, 0) is 10.0 Å². The van der Waals surface area contributed by atoms with E-state index in [2.05, 4.69) is 4.72 Å². The fraction of sp³-hybridized carbons (Fsp3) is 0.350. The summed E-state index contributed by atoms with van der Waals surface area (Å²) < 4.78 is 28.4. The number of anilines is 1. The van der Waals surface area contributed by atoms with Crippen LogP contribution >= 0.6 is 0 Å². The molecule has 0 atom stereocenters. The summed E-state index contributed by atoms with van der Waals surface area (Å²) in [7, 11) is -3.73. The molecule has 1 saturated heterocycles. The van der Waals surface area contributed by atoms with Crippen molar-refractivity contribution >= 4 is 21.6 Å². The molecule has 3 rings (SSSR count). The van der Waals surface area contributed by atoms with Crippen LogP contribution in [0.2, 0.25) is 0 Å². The number of likely N-dealkylation sites (tertiary alicyclic amines) is 1. The van der Waals surface area contributed by atoms with Crippen LogP contribution in [0.1, 0.15) is 39.9 Å². The van der Waals surface area contributed by atoms with E-state index in [9.17, 15) is 13.2 Å². The van der Waals surface area contributed by atoms with Crippen molar-refractivity contribution in [3.8, 4) is 0 Å². The predicted octanol–water partition coefficient (Wildman–Crippen LogP) is 3.65. The molecule has 1 fully saturated rings. The summed E-state index contributed by atoms with van der Waals surface area (Å²) in [6, 6.07) is 10.4. The van der Waals surface area contributed by atoms with Gasteiger partial charge >= 0.3 is 0 Å². The predicted molar refractivity (Wildman–Crippen MR) is 103 cm³/mol. The first-order valence-electron chi connectivity index (χ1n) is 8.78. The van der Waals surface area contributed by atoms with Crippen LogP contribution in [0, 0.1) is 20.8 Å². The van der Waals surface area contributed by atoms with Crippen molar-refractivity contribution in [3.05, 3.63) is 58.7 Å². The third-order valence-electron chi connectivity index (χ3n) is 4.63. The molecule has 138 valence electrons. The first-order chi connectivity index (χ1) is 12.3. The largest absolute Gasteiger partial charge is 0.339 e. The summed E-state index contributed by atoms with van der Waals surface area (Å²) >= 11 is 0. The average Bonchev–Trinajstić information content (AvgIpc) is 3.07. The summed E-state index contributed by atoms with van der Waals surface area (Å²) in [4.78, 5) is 14.6. The minimum absolute atomic E-state index is 0.0498. The van der Waals surface area contributed by atoms with Crippen molar-refractivity contribution in [1.82, 2.24) is 4.90 Å². The molecule has 1 N–H and O–H groups in total. The fourth-order valence-corrected chi connectivity index (χ4v) is 5.12. The maximum absolute atomic E-state index is 12.9. The molecule has 2 aromatic carbocycles. The van der Waals surface area contributed by atoms with E-state index in [-0.39, 0.29) is 5.91 Å². The van der Waals surface area contributed by atoms with Crippen molar-refractivity contribution in [3.63, 3.8) is 0 Å². The normalized spacial score (nSPS) is 14.5. The minimum Gasteiger partial charge on any atom is -0.339 e. The first-order valence-corrected chi connectivity index (χ1v) is 10.3. The number of rotatable bonds is 4. The van der Waals surface area contributed by atoms with Gasteiger partial charge in [0.05, 0.1) is 4.90 Å². The Hall–Kier alpha value is -2.34. The molecule has 0 bridgehead atoms. The van der Waals surface area contributed by atoms with Crippen molar-refractivity contribution in [2.75, 3.05) is 17.8 Å². The Morgan fingerprint density at radius 2 is 1.62 bits per heavy atom. The monoisotopic (exact) mass is 372 g/mol. The van der Waals surface area contributed by atoms with Gasteiger partial charge in [0.2, 0.25) is 0 Å². The number of nitrogens with zero attached hydrogens (tertiary/aromatic N) is 1. The van der Waals surface area contributed by atoms with E-state index in [1.165, 1.54) is 0 Å². The number of hydrogen-bond donors (Lipinski definition) is 1. The number of amides is 1. The second kappa shape index (κ2) is 7.11. The number of carbonyl (C=O) groups is 1. The molecule has 0 radical (unpaired) electrons. The zero-order valence-electron chi connectivity index (χ0n) is 15.4. The standard InChI is InChI=1S/C20H24N2O3S/c1-14-11-15(2)19(16(3)12-14)26(24,25)21-18-8-6-7-17(13-18)20(23)22-9-4-5-10-22/h6-8,11-13,21H,4-5,9-10H2,1-3H3. The van der Waals surface area contributed by atoms with Gasteiger partial charge in [-0.1, -0.05) is 23.8 Å². The van der Waals surface area contributed by atoms with Crippen LogP contribution < -0.4 is 4.72 Å². The van der Waals surface area contributed by atoms with Gasteiger partial charge in [0.25, 0.3) is 15.9 Å². The molecule has 0 saturated carbocycles. The maximum Gasteiger partial charge on any atom is 0.262 e. The van der Waals surface area contributed by atoms with Gasteiger partial charge in [0, 0.05) is 24.3 Å². The number of sulfonamides is 1. The van der Waals surface area contributed by atoms with E-state index < -0.39 is 10.0 Å². The van der Waals surface area contributed by atoms with Gasteiger partial charge in [-0.2, -0.15) is 0 Å². The van der Waals surface area contributed by atoms with E-state index in [1.807, 2.05) is 24.0 Å². The van der Waals surface area contributed by atoms with Crippen LogP contribution in [0.5, 0.6) is 0 Å². The lowest BCUT2D eigenvalue weighted by atomic mass is 10.1. The smallest absolute Gasteiger partial charge is 0.262 e. The topological polar surface area (TPSA) is 66.5 Å². The summed E-state index contributed by atoms with van der Waals surface area (Å²) in [6.07, 6.45) is 2.04. The summed E-state index contributed by atoms with van der Waals surface area (Å²) in [5.74, 6) is -0.0498. The molecule has 0 aliphatic carbocycles. The van der Waals surface area contributed by atoms with E-state index in [1.54, 1.807) is 38.1 Å². The molecule has 26 heavy (non-hydrogen) atoms. The van der Waals surface area contributed by atoms with E-state index in [0.29, 0.717) is 27.3 Å².